The van der Waals surface area contributed by atoms with E-state index >= 15 is 0 Å². The number of carbonyl (C=O) groups is 2. The molecule has 0 bridgehead atoms. The number of fused-ring (bicyclic) bond motifs is 2. The van der Waals surface area contributed by atoms with Crippen molar-refractivity contribution in [2.75, 3.05) is 18.8 Å². The first kappa shape index (κ1) is 28.8. The Hall–Kier alpha value is -2.68. The largest absolute Gasteiger partial charge is 0.861 e. The Bertz CT molecular complexity index is 1210. The van der Waals surface area contributed by atoms with Gasteiger partial charge in [0.25, 0.3) is 11.8 Å². The van der Waals surface area contributed by atoms with Crippen molar-refractivity contribution in [1.82, 2.24) is 9.80 Å². The van der Waals surface area contributed by atoms with Gasteiger partial charge in [0.1, 0.15) is 0 Å². The molecule has 2 aliphatic heterocycles. The zero-order chi connectivity index (χ0) is 28.4. The maximum Gasteiger partial charge on any atom is 0.261 e. The normalized spacial score (nSPS) is 25.4. The van der Waals surface area contributed by atoms with Crippen molar-refractivity contribution in [2.45, 2.75) is 81.5 Å². The molecule has 0 radical (unpaired) electrons. The van der Waals surface area contributed by atoms with Crippen LogP contribution in [0.4, 0.5) is 0 Å². The number of rotatable bonds is 8. The molecule has 7 nitrogen and oxygen atoms in total. The monoisotopic (exact) mass is 562 g/mol. The van der Waals surface area contributed by atoms with Crippen molar-refractivity contribution in [3.05, 3.63) is 65.7 Å². The highest BCUT2D eigenvalue weighted by Gasteiger charge is 2.44. The number of imide groups is 1. The van der Waals surface area contributed by atoms with E-state index in [0.717, 1.165) is 30.7 Å². The third-order valence-corrected chi connectivity index (χ3v) is 9.53. The molecule has 1 saturated carbocycles. The molecule has 40 heavy (non-hydrogen) atoms. The zero-order valence-electron chi connectivity index (χ0n) is 23.7. The molecule has 0 unspecified atom stereocenters. The molecule has 3 aliphatic rings. The van der Waals surface area contributed by atoms with Crippen molar-refractivity contribution in [3.63, 3.8) is 0 Å². The van der Waals surface area contributed by atoms with E-state index < -0.39 is 23.7 Å². The first-order chi connectivity index (χ1) is 19.1. The number of benzene rings is 2. The number of aliphatic imine (C=N–C) groups is 1. The molecule has 1 saturated heterocycles. The Morgan fingerprint density at radius 1 is 1.00 bits per heavy atom. The number of hydrogen-bond donors (Lipinski definition) is 1. The van der Waals surface area contributed by atoms with Gasteiger partial charge in [0, 0.05) is 29.8 Å². The molecule has 2 aromatic rings. The van der Waals surface area contributed by atoms with E-state index in [4.69, 9.17) is 0 Å². The van der Waals surface area contributed by atoms with E-state index in [2.05, 4.69) is 9.89 Å². The molecule has 0 spiro atoms. The summed E-state index contributed by atoms with van der Waals surface area (Å²) in [6.45, 7) is 6.70. The standard InChI is InChI=1S/C32H41N3O4S/c1-32(2,3)33-29(37)26-17-21-11-7-8-12-22(21)18-34(26)19-28(36)27(20-40-23-13-5-4-6-14-23)35-30(38)24-15-9-10-16-25(24)31(35)39/h4-6,9-10,13-16,21-22,26-28,36H,7-8,11-12,17-20H2,1-3H3,(H,33,37)/p-1/t21-,22+,26-,27-,28+/m0/s1. The first-order valence-corrected chi connectivity index (χ1v) is 15.4. The predicted molar refractivity (Wildman–Crippen MR) is 157 cm³/mol. The van der Waals surface area contributed by atoms with Crippen LogP contribution >= 0.6 is 11.8 Å². The van der Waals surface area contributed by atoms with Crippen molar-refractivity contribution < 1.29 is 19.8 Å². The summed E-state index contributed by atoms with van der Waals surface area (Å²) in [5.74, 6) is 0.434. The number of aliphatic hydroxyl groups is 1. The lowest BCUT2D eigenvalue weighted by atomic mass is 9.72. The van der Waals surface area contributed by atoms with Crippen LogP contribution in [0.15, 0.2) is 64.5 Å². The highest BCUT2D eigenvalue weighted by Crippen LogP contribution is 2.39. The van der Waals surface area contributed by atoms with E-state index in [1.165, 1.54) is 29.5 Å². The number of piperidine rings is 1. The minimum absolute atomic E-state index is 0.139. The van der Waals surface area contributed by atoms with E-state index in [0.29, 0.717) is 28.7 Å². The summed E-state index contributed by atoms with van der Waals surface area (Å²) < 4.78 is 0. The second kappa shape index (κ2) is 12.0. The highest BCUT2D eigenvalue weighted by molar-refractivity contribution is 7.99. The topological polar surface area (TPSA) is 96.3 Å². The highest BCUT2D eigenvalue weighted by atomic mass is 32.2. The second-order valence-corrected chi connectivity index (χ2v) is 13.5. The summed E-state index contributed by atoms with van der Waals surface area (Å²) in [7, 11) is 0. The molecule has 2 fully saturated rings. The third-order valence-electron chi connectivity index (χ3n) is 8.42. The fourth-order valence-electron chi connectivity index (χ4n) is 6.49. The molecular formula is C32H40N3O4S-. The van der Waals surface area contributed by atoms with Crippen molar-refractivity contribution in [2.24, 2.45) is 16.8 Å². The number of aliphatic hydroxyl groups excluding tert-OH is 1. The molecule has 0 aromatic heterocycles. The molecular weight excluding hydrogens is 522 g/mol. The fourth-order valence-corrected chi connectivity index (χ4v) is 7.57. The molecule has 1 N–H and O–H groups in total. The van der Waals surface area contributed by atoms with Crippen LogP contribution in [0.1, 0.15) is 73.6 Å². The van der Waals surface area contributed by atoms with Gasteiger partial charge >= 0.3 is 0 Å². The number of nitrogens with zero attached hydrogens (tertiary/aromatic N) is 3. The minimum atomic E-state index is -1.02. The lowest BCUT2D eigenvalue weighted by Crippen LogP contribution is -2.59. The summed E-state index contributed by atoms with van der Waals surface area (Å²) >= 11 is 1.51. The number of likely N-dealkylation sites (tertiary alicyclic amines) is 1. The van der Waals surface area contributed by atoms with Gasteiger partial charge in [0.05, 0.1) is 28.8 Å². The van der Waals surface area contributed by atoms with E-state index in [1.54, 1.807) is 24.3 Å². The average molecular weight is 563 g/mol. The van der Waals surface area contributed by atoms with Crippen molar-refractivity contribution in [3.8, 4) is 0 Å². The van der Waals surface area contributed by atoms with E-state index in [-0.39, 0.29) is 24.3 Å². The van der Waals surface area contributed by atoms with Crippen LogP contribution in [0.25, 0.3) is 0 Å². The summed E-state index contributed by atoms with van der Waals surface area (Å²) in [6, 6.07) is 15.5. The minimum Gasteiger partial charge on any atom is -0.861 e. The summed E-state index contributed by atoms with van der Waals surface area (Å²) in [4.78, 5) is 35.8. The number of thioether (sulfide) groups is 1. The smallest absolute Gasteiger partial charge is 0.261 e. The van der Waals surface area contributed by atoms with Gasteiger partial charge in [-0.1, -0.05) is 49.6 Å². The zero-order valence-corrected chi connectivity index (χ0v) is 24.5. The van der Waals surface area contributed by atoms with Crippen LogP contribution in [-0.4, -0.2) is 75.2 Å². The molecule has 5 rings (SSSR count). The quantitative estimate of drug-likeness (QED) is 0.224. The van der Waals surface area contributed by atoms with Crippen LogP contribution in [-0.2, 0) is 0 Å². The summed E-state index contributed by atoms with van der Waals surface area (Å²) in [5.41, 5.74) is 0.253. The van der Waals surface area contributed by atoms with Crippen LogP contribution in [0.3, 0.4) is 0 Å². The molecule has 2 aromatic carbocycles. The Morgan fingerprint density at radius 2 is 1.60 bits per heavy atom. The maximum absolute atomic E-state index is 13.5. The third kappa shape index (κ3) is 6.29. The van der Waals surface area contributed by atoms with Gasteiger partial charge in [0.15, 0.2) is 0 Å². The maximum atomic E-state index is 13.5. The Morgan fingerprint density at radius 3 is 2.23 bits per heavy atom. The average Bonchev–Trinajstić information content (AvgIpc) is 3.18. The number of hydrogen-bond acceptors (Lipinski definition) is 7. The lowest BCUT2D eigenvalue weighted by molar-refractivity contribution is -0.229. The van der Waals surface area contributed by atoms with Gasteiger partial charge in [-0.15, -0.1) is 11.8 Å². The van der Waals surface area contributed by atoms with Gasteiger partial charge in [-0.25, -0.2) is 0 Å². The molecule has 2 heterocycles. The molecule has 8 heteroatoms. The Labute approximate surface area is 241 Å². The SMILES string of the molecule is CC(C)(C)N=C([O-])[C@@H]1C[C@@H]2CCCC[C@@H]2CN1C[C@@H](O)[C@H](CSc1ccccc1)N1C(=O)c2ccccc2C1=O. The van der Waals surface area contributed by atoms with Crippen LogP contribution < -0.4 is 5.11 Å². The number of amides is 2. The van der Waals surface area contributed by atoms with Gasteiger partial charge in [-0.3, -0.25) is 24.4 Å². The Kier molecular flexibility index (Phi) is 8.69. The van der Waals surface area contributed by atoms with Crippen LogP contribution in [0, 0.1) is 11.8 Å². The van der Waals surface area contributed by atoms with Gasteiger partial charge in [0.2, 0.25) is 0 Å². The van der Waals surface area contributed by atoms with E-state index in [1.807, 2.05) is 51.1 Å². The molecule has 5 atom stereocenters. The van der Waals surface area contributed by atoms with Crippen molar-refractivity contribution in [1.29, 1.82) is 0 Å². The molecule has 1 aliphatic carbocycles. The first-order valence-electron chi connectivity index (χ1n) is 14.5. The van der Waals surface area contributed by atoms with E-state index in [9.17, 15) is 19.8 Å². The summed E-state index contributed by atoms with van der Waals surface area (Å²) in [6.07, 6.45) is 4.36. The number of β-amino-alcohol motifs (C(OH)–C–C–N with tert-alkyl or cyclic N) is 1. The summed E-state index contributed by atoms with van der Waals surface area (Å²) in [5, 5.41) is 25.3. The molecule has 214 valence electrons. The Balaban J connectivity index is 1.42. The molecule has 2 amide bonds. The number of carbonyl (C=O) groups excluding carboxylic acids is 2. The van der Waals surface area contributed by atoms with Crippen LogP contribution in [0.2, 0.25) is 0 Å². The van der Waals surface area contributed by atoms with Gasteiger partial charge in [-0.05, 0) is 75.6 Å². The van der Waals surface area contributed by atoms with Crippen molar-refractivity contribution >= 4 is 29.5 Å². The fraction of sp³-hybridized carbons (Fsp3) is 0.531. The predicted octanol–water partition coefficient (Wildman–Crippen LogP) is 4.24. The second-order valence-electron chi connectivity index (χ2n) is 12.4. The van der Waals surface area contributed by atoms with Crippen LogP contribution in [0.5, 0.6) is 0 Å². The lowest BCUT2D eigenvalue weighted by Gasteiger charge is -2.49. The van der Waals surface area contributed by atoms with Gasteiger partial charge < -0.3 is 10.2 Å². The van der Waals surface area contributed by atoms with Gasteiger partial charge in [-0.2, -0.15) is 0 Å².